The summed E-state index contributed by atoms with van der Waals surface area (Å²) in [6.07, 6.45) is 9.76. The molecule has 2 aromatic heterocycles. The van der Waals surface area contributed by atoms with Crippen molar-refractivity contribution in [1.29, 1.82) is 0 Å². The molecule has 3 aromatic rings. The van der Waals surface area contributed by atoms with Crippen LogP contribution in [0.2, 0.25) is 0 Å². The Morgan fingerprint density at radius 2 is 2.04 bits per heavy atom. The molecule has 138 valence electrons. The van der Waals surface area contributed by atoms with Gasteiger partial charge < -0.3 is 5.11 Å². The Morgan fingerprint density at radius 1 is 1.15 bits per heavy atom. The summed E-state index contributed by atoms with van der Waals surface area (Å²) in [6, 6.07) is 11.1. The lowest BCUT2D eigenvalue weighted by Gasteiger charge is -2.15. The summed E-state index contributed by atoms with van der Waals surface area (Å²) in [4.78, 5) is 18.0. The largest absolute Gasteiger partial charge is 0.478 e. The van der Waals surface area contributed by atoms with Crippen molar-refractivity contribution in [2.75, 3.05) is 13.1 Å². The van der Waals surface area contributed by atoms with Crippen LogP contribution in [0, 0.1) is 5.92 Å². The van der Waals surface area contributed by atoms with Gasteiger partial charge in [0, 0.05) is 37.2 Å². The number of likely N-dealkylation sites (tertiary alicyclic amines) is 1. The van der Waals surface area contributed by atoms with Crippen LogP contribution >= 0.6 is 0 Å². The van der Waals surface area contributed by atoms with Gasteiger partial charge in [-0.1, -0.05) is 18.2 Å². The van der Waals surface area contributed by atoms with Gasteiger partial charge in [0.1, 0.15) is 0 Å². The molecule has 0 spiro atoms. The second-order valence-electron chi connectivity index (χ2n) is 7.07. The van der Waals surface area contributed by atoms with Crippen molar-refractivity contribution in [3.05, 3.63) is 77.9 Å². The lowest BCUT2D eigenvalue weighted by Crippen LogP contribution is -2.20. The van der Waals surface area contributed by atoms with Crippen LogP contribution in [0.15, 0.2) is 61.2 Å². The minimum atomic E-state index is -0.944. The van der Waals surface area contributed by atoms with Crippen molar-refractivity contribution < 1.29 is 9.90 Å². The highest BCUT2D eigenvalue weighted by molar-refractivity contribution is 5.91. The SMILES string of the molecule is O=C(O)c1ccccc1-n1cc(CN2CC[C@@H](Cc3cccnc3)C2)cn1. The molecule has 1 aromatic carbocycles. The molecule has 0 aliphatic carbocycles. The third kappa shape index (κ3) is 4.06. The van der Waals surface area contributed by atoms with Crippen molar-refractivity contribution in [3.63, 3.8) is 0 Å². The molecule has 0 bridgehead atoms. The number of hydrogen-bond donors (Lipinski definition) is 1. The molecule has 1 atom stereocenters. The molecule has 1 fully saturated rings. The molecule has 0 saturated carbocycles. The maximum Gasteiger partial charge on any atom is 0.337 e. The van der Waals surface area contributed by atoms with E-state index in [4.69, 9.17) is 0 Å². The summed E-state index contributed by atoms with van der Waals surface area (Å²) < 4.78 is 1.65. The molecule has 6 nitrogen and oxygen atoms in total. The Morgan fingerprint density at radius 3 is 2.85 bits per heavy atom. The summed E-state index contributed by atoms with van der Waals surface area (Å²) >= 11 is 0. The molecule has 6 heteroatoms. The maximum atomic E-state index is 11.4. The second kappa shape index (κ2) is 7.72. The van der Waals surface area contributed by atoms with E-state index in [1.807, 2.05) is 36.9 Å². The first-order valence-electron chi connectivity index (χ1n) is 9.16. The molecule has 0 amide bonds. The summed E-state index contributed by atoms with van der Waals surface area (Å²) in [5, 5.41) is 13.7. The first-order chi connectivity index (χ1) is 13.2. The van der Waals surface area contributed by atoms with E-state index >= 15 is 0 Å². The zero-order valence-corrected chi connectivity index (χ0v) is 15.0. The van der Waals surface area contributed by atoms with Gasteiger partial charge in [0.2, 0.25) is 0 Å². The molecule has 3 heterocycles. The van der Waals surface area contributed by atoms with Crippen molar-refractivity contribution in [3.8, 4) is 5.69 Å². The van der Waals surface area contributed by atoms with Gasteiger partial charge >= 0.3 is 5.97 Å². The highest BCUT2D eigenvalue weighted by atomic mass is 16.4. The fourth-order valence-corrected chi connectivity index (χ4v) is 3.76. The predicted octanol–water partition coefficient (Wildman–Crippen LogP) is 3.03. The van der Waals surface area contributed by atoms with Gasteiger partial charge in [-0.05, 0) is 49.1 Å². The third-order valence-corrected chi connectivity index (χ3v) is 5.04. The van der Waals surface area contributed by atoms with Gasteiger partial charge in [-0.25, -0.2) is 9.48 Å². The minimum absolute atomic E-state index is 0.254. The Labute approximate surface area is 158 Å². The zero-order valence-electron chi connectivity index (χ0n) is 15.0. The predicted molar refractivity (Wildman–Crippen MR) is 102 cm³/mol. The number of hydrogen-bond acceptors (Lipinski definition) is 4. The fourth-order valence-electron chi connectivity index (χ4n) is 3.76. The number of aromatic carboxylic acids is 1. The van der Waals surface area contributed by atoms with Crippen LogP contribution in [0.25, 0.3) is 5.69 Å². The number of nitrogens with zero attached hydrogens (tertiary/aromatic N) is 4. The van der Waals surface area contributed by atoms with Gasteiger partial charge in [0.25, 0.3) is 0 Å². The van der Waals surface area contributed by atoms with Gasteiger partial charge in [0.15, 0.2) is 0 Å². The van der Waals surface area contributed by atoms with Crippen LogP contribution in [-0.4, -0.2) is 43.8 Å². The average Bonchev–Trinajstić information content (AvgIpc) is 3.32. The summed E-state index contributed by atoms with van der Waals surface area (Å²) in [7, 11) is 0. The van der Waals surface area contributed by atoms with Gasteiger partial charge in [-0.2, -0.15) is 5.10 Å². The van der Waals surface area contributed by atoms with E-state index in [2.05, 4.69) is 21.0 Å². The molecular weight excluding hydrogens is 340 g/mol. The molecule has 0 unspecified atom stereocenters. The van der Waals surface area contributed by atoms with Crippen LogP contribution in [0.1, 0.15) is 27.9 Å². The number of pyridine rings is 1. The normalized spacial score (nSPS) is 17.3. The van der Waals surface area contributed by atoms with Gasteiger partial charge in [0.05, 0.1) is 17.4 Å². The Balaban J connectivity index is 1.40. The van der Waals surface area contributed by atoms with Crippen LogP contribution in [0.3, 0.4) is 0 Å². The van der Waals surface area contributed by atoms with E-state index in [0.717, 1.165) is 31.6 Å². The van der Waals surface area contributed by atoms with E-state index in [1.54, 1.807) is 22.9 Å². The average molecular weight is 362 g/mol. The molecule has 1 saturated heterocycles. The Kier molecular flexibility index (Phi) is 4.98. The molecule has 1 aliphatic rings. The van der Waals surface area contributed by atoms with E-state index < -0.39 is 5.97 Å². The van der Waals surface area contributed by atoms with Crippen molar-refractivity contribution in [2.45, 2.75) is 19.4 Å². The molecule has 4 rings (SSSR count). The quantitative estimate of drug-likeness (QED) is 0.730. The van der Waals surface area contributed by atoms with E-state index in [9.17, 15) is 9.90 Å². The second-order valence-corrected chi connectivity index (χ2v) is 7.07. The Hall–Kier alpha value is -2.99. The van der Waals surface area contributed by atoms with Crippen LogP contribution in [-0.2, 0) is 13.0 Å². The van der Waals surface area contributed by atoms with Crippen molar-refractivity contribution in [2.24, 2.45) is 5.92 Å². The van der Waals surface area contributed by atoms with E-state index in [0.29, 0.717) is 11.6 Å². The molecule has 1 N–H and O–H groups in total. The third-order valence-electron chi connectivity index (χ3n) is 5.04. The van der Waals surface area contributed by atoms with Crippen LogP contribution in [0.4, 0.5) is 0 Å². The molecule has 1 aliphatic heterocycles. The smallest absolute Gasteiger partial charge is 0.337 e. The number of aromatic nitrogens is 3. The highest BCUT2D eigenvalue weighted by Crippen LogP contribution is 2.22. The number of carboxylic acid groups (broad SMARTS) is 1. The van der Waals surface area contributed by atoms with Crippen molar-refractivity contribution in [1.82, 2.24) is 19.7 Å². The highest BCUT2D eigenvalue weighted by Gasteiger charge is 2.23. The monoisotopic (exact) mass is 362 g/mol. The number of benzene rings is 1. The first kappa shape index (κ1) is 17.4. The van der Waals surface area contributed by atoms with Gasteiger partial charge in [-0.15, -0.1) is 0 Å². The summed E-state index contributed by atoms with van der Waals surface area (Å²) in [6.45, 7) is 2.96. The molecule has 0 radical (unpaired) electrons. The number of rotatable bonds is 6. The van der Waals surface area contributed by atoms with E-state index in [-0.39, 0.29) is 5.56 Å². The number of para-hydroxylation sites is 1. The molecule has 27 heavy (non-hydrogen) atoms. The zero-order chi connectivity index (χ0) is 18.6. The lowest BCUT2D eigenvalue weighted by atomic mass is 10.0. The van der Waals surface area contributed by atoms with Crippen LogP contribution < -0.4 is 0 Å². The Bertz CT molecular complexity index is 923. The molecular formula is C21H22N4O2. The summed E-state index contributed by atoms with van der Waals surface area (Å²) in [5.74, 6) is -0.294. The standard InChI is InChI=1S/C21H22N4O2/c26-21(27)19-5-1-2-6-20(19)25-15-18(12-23-25)14-24-9-7-17(13-24)10-16-4-3-8-22-11-16/h1-6,8,11-12,15,17H,7,9-10,13-14H2,(H,26,27)/t17-/m0/s1. The topological polar surface area (TPSA) is 71.2 Å². The van der Waals surface area contributed by atoms with E-state index in [1.165, 1.54) is 12.0 Å². The fraction of sp³-hybridized carbons (Fsp3) is 0.286. The van der Waals surface area contributed by atoms with Crippen molar-refractivity contribution >= 4 is 5.97 Å². The number of carboxylic acids is 1. The maximum absolute atomic E-state index is 11.4. The lowest BCUT2D eigenvalue weighted by molar-refractivity contribution is 0.0696. The summed E-state index contributed by atoms with van der Waals surface area (Å²) in [5.41, 5.74) is 3.23. The van der Waals surface area contributed by atoms with Crippen LogP contribution in [0.5, 0.6) is 0 Å². The minimum Gasteiger partial charge on any atom is -0.478 e. The first-order valence-corrected chi connectivity index (χ1v) is 9.16. The number of carbonyl (C=O) groups is 1. The van der Waals surface area contributed by atoms with Gasteiger partial charge in [-0.3, -0.25) is 9.88 Å².